The molecule has 0 spiro atoms. The van der Waals surface area contributed by atoms with Gasteiger partial charge in [0.05, 0.1) is 17.1 Å². The van der Waals surface area contributed by atoms with E-state index in [-0.39, 0.29) is 5.82 Å². The lowest BCUT2D eigenvalue weighted by Gasteiger charge is -2.03. The first-order valence-corrected chi connectivity index (χ1v) is 4.28. The highest BCUT2D eigenvalue weighted by Gasteiger charge is 2.14. The first-order chi connectivity index (χ1) is 6.27. The molecule has 0 saturated carbocycles. The van der Waals surface area contributed by atoms with Crippen LogP contribution in [-0.2, 0) is 4.74 Å². The molecule has 0 N–H and O–H groups in total. The van der Waals surface area contributed by atoms with Crippen LogP contribution in [0.4, 0.5) is 4.39 Å². The Kier molecular flexibility index (Phi) is 2.19. The van der Waals surface area contributed by atoms with Gasteiger partial charge in [-0.2, -0.15) is 0 Å². The van der Waals surface area contributed by atoms with E-state index in [9.17, 15) is 4.39 Å². The van der Waals surface area contributed by atoms with Crippen LogP contribution >= 0.6 is 11.6 Å². The Morgan fingerprint density at radius 2 is 2.31 bits per heavy atom. The molecule has 1 aliphatic rings. The van der Waals surface area contributed by atoms with Crippen LogP contribution in [0.15, 0.2) is 23.2 Å². The molecule has 13 heavy (non-hydrogen) atoms. The molecule has 0 aromatic heterocycles. The quantitative estimate of drug-likeness (QED) is 0.680. The highest BCUT2D eigenvalue weighted by atomic mass is 35.5. The maximum atomic E-state index is 12.8. The fourth-order valence-corrected chi connectivity index (χ4v) is 1.36. The largest absolute Gasteiger partial charge is 0.475 e. The van der Waals surface area contributed by atoms with Gasteiger partial charge in [-0.15, -0.1) is 0 Å². The Bertz CT molecular complexity index is 365. The predicted molar refractivity (Wildman–Crippen MR) is 48.8 cm³/mol. The average molecular weight is 200 g/mol. The molecular formula is C9H7ClFNO. The van der Waals surface area contributed by atoms with E-state index >= 15 is 0 Å². The normalized spacial score (nSPS) is 15.4. The SMILES string of the molecule is Fc1ccc(Cl)c(C2=NCCO2)c1. The zero-order valence-electron chi connectivity index (χ0n) is 6.76. The van der Waals surface area contributed by atoms with Crippen molar-refractivity contribution < 1.29 is 9.13 Å². The molecule has 1 aromatic carbocycles. The minimum absolute atomic E-state index is 0.336. The van der Waals surface area contributed by atoms with Crippen LogP contribution in [0, 0.1) is 5.82 Å². The van der Waals surface area contributed by atoms with Crippen molar-refractivity contribution in [3.8, 4) is 0 Å². The van der Waals surface area contributed by atoms with Crippen LogP contribution in [-0.4, -0.2) is 19.0 Å². The Balaban J connectivity index is 2.43. The van der Waals surface area contributed by atoms with Crippen molar-refractivity contribution >= 4 is 17.5 Å². The van der Waals surface area contributed by atoms with Gasteiger partial charge in [0, 0.05) is 0 Å². The van der Waals surface area contributed by atoms with Gasteiger partial charge in [-0.25, -0.2) is 9.38 Å². The molecule has 0 unspecified atom stereocenters. The lowest BCUT2D eigenvalue weighted by molar-refractivity contribution is 0.348. The number of nitrogens with zero attached hydrogens (tertiary/aromatic N) is 1. The van der Waals surface area contributed by atoms with Crippen molar-refractivity contribution in [3.63, 3.8) is 0 Å². The van der Waals surface area contributed by atoms with Crippen molar-refractivity contribution in [1.29, 1.82) is 0 Å². The van der Waals surface area contributed by atoms with Crippen molar-refractivity contribution in [1.82, 2.24) is 0 Å². The Morgan fingerprint density at radius 3 is 3.00 bits per heavy atom. The third-order valence-electron chi connectivity index (χ3n) is 1.74. The summed E-state index contributed by atoms with van der Waals surface area (Å²) < 4.78 is 18.0. The van der Waals surface area contributed by atoms with Gasteiger partial charge in [-0.1, -0.05) is 11.6 Å². The molecule has 68 valence electrons. The number of hydrogen-bond donors (Lipinski definition) is 0. The van der Waals surface area contributed by atoms with Gasteiger partial charge < -0.3 is 4.74 Å². The molecule has 2 nitrogen and oxygen atoms in total. The van der Waals surface area contributed by atoms with Crippen molar-refractivity contribution in [2.75, 3.05) is 13.2 Å². The summed E-state index contributed by atoms with van der Waals surface area (Å²) in [6.45, 7) is 1.16. The molecule has 0 fully saturated rings. The molecule has 0 radical (unpaired) electrons. The number of aliphatic imine (C=N–C) groups is 1. The Labute approximate surface area is 80.0 Å². The van der Waals surface area contributed by atoms with Crippen LogP contribution in [0.1, 0.15) is 5.56 Å². The lowest BCUT2D eigenvalue weighted by Crippen LogP contribution is -2.02. The molecule has 0 bridgehead atoms. The number of benzene rings is 1. The van der Waals surface area contributed by atoms with Crippen molar-refractivity contribution in [3.05, 3.63) is 34.6 Å². The first-order valence-electron chi connectivity index (χ1n) is 3.90. The molecule has 1 aromatic rings. The molecule has 0 atom stereocenters. The smallest absolute Gasteiger partial charge is 0.217 e. The summed E-state index contributed by atoms with van der Waals surface area (Å²) >= 11 is 5.85. The summed E-state index contributed by atoms with van der Waals surface area (Å²) in [4.78, 5) is 4.05. The average Bonchev–Trinajstić information content (AvgIpc) is 2.61. The second kappa shape index (κ2) is 3.34. The topological polar surface area (TPSA) is 21.6 Å². The summed E-state index contributed by atoms with van der Waals surface area (Å²) in [5.74, 6) is 0.0992. The zero-order valence-corrected chi connectivity index (χ0v) is 7.51. The summed E-state index contributed by atoms with van der Waals surface area (Å²) in [6.07, 6.45) is 0. The Morgan fingerprint density at radius 1 is 1.46 bits per heavy atom. The van der Waals surface area contributed by atoms with E-state index in [4.69, 9.17) is 16.3 Å². The number of halogens is 2. The van der Waals surface area contributed by atoms with E-state index in [0.717, 1.165) is 0 Å². The predicted octanol–water partition coefficient (Wildman–Crippen LogP) is 2.26. The van der Waals surface area contributed by atoms with Crippen LogP contribution in [0.3, 0.4) is 0 Å². The molecule has 1 heterocycles. The monoisotopic (exact) mass is 199 g/mol. The maximum absolute atomic E-state index is 12.8. The van der Waals surface area contributed by atoms with Gasteiger partial charge >= 0.3 is 0 Å². The second-order valence-electron chi connectivity index (χ2n) is 2.66. The molecular weight excluding hydrogens is 193 g/mol. The molecule has 0 aliphatic carbocycles. The highest BCUT2D eigenvalue weighted by Crippen LogP contribution is 2.19. The van der Waals surface area contributed by atoms with Gasteiger partial charge in [0.2, 0.25) is 5.90 Å². The van der Waals surface area contributed by atoms with E-state index in [2.05, 4.69) is 4.99 Å². The number of hydrogen-bond acceptors (Lipinski definition) is 2. The molecule has 0 saturated heterocycles. The molecule has 0 amide bonds. The van der Waals surface area contributed by atoms with Crippen molar-refractivity contribution in [2.24, 2.45) is 4.99 Å². The summed E-state index contributed by atoms with van der Waals surface area (Å²) in [7, 11) is 0. The number of rotatable bonds is 1. The van der Waals surface area contributed by atoms with Gasteiger partial charge in [-0.05, 0) is 18.2 Å². The summed E-state index contributed by atoms with van der Waals surface area (Å²) in [5.41, 5.74) is 0.527. The third kappa shape index (κ3) is 1.65. The van der Waals surface area contributed by atoms with E-state index in [1.807, 2.05) is 0 Å². The van der Waals surface area contributed by atoms with Gasteiger partial charge in [0.1, 0.15) is 12.4 Å². The second-order valence-corrected chi connectivity index (χ2v) is 3.07. The van der Waals surface area contributed by atoms with Crippen LogP contribution in [0.5, 0.6) is 0 Å². The molecule has 1 aliphatic heterocycles. The first kappa shape index (κ1) is 8.51. The Hall–Kier alpha value is -1.09. The van der Waals surface area contributed by atoms with Crippen LogP contribution < -0.4 is 0 Å². The lowest BCUT2D eigenvalue weighted by atomic mass is 10.2. The van der Waals surface area contributed by atoms with Gasteiger partial charge in [0.25, 0.3) is 0 Å². The summed E-state index contributed by atoms with van der Waals surface area (Å²) in [5, 5.41) is 0.460. The standard InChI is InChI=1S/C9H7ClFNO/c10-8-2-1-6(11)5-7(8)9-12-3-4-13-9/h1-2,5H,3-4H2. The van der Waals surface area contributed by atoms with Gasteiger partial charge in [0.15, 0.2) is 0 Å². The van der Waals surface area contributed by atoms with Crippen molar-refractivity contribution in [2.45, 2.75) is 0 Å². The summed E-state index contributed by atoms with van der Waals surface area (Å²) in [6, 6.07) is 4.13. The fraction of sp³-hybridized carbons (Fsp3) is 0.222. The van der Waals surface area contributed by atoms with Crippen LogP contribution in [0.2, 0.25) is 5.02 Å². The fourth-order valence-electron chi connectivity index (χ4n) is 1.16. The highest BCUT2D eigenvalue weighted by molar-refractivity contribution is 6.33. The molecule has 4 heteroatoms. The number of ether oxygens (including phenoxy) is 1. The minimum atomic E-state index is -0.336. The van der Waals surface area contributed by atoms with E-state index in [0.29, 0.717) is 29.6 Å². The third-order valence-corrected chi connectivity index (χ3v) is 2.07. The van der Waals surface area contributed by atoms with E-state index in [1.54, 1.807) is 0 Å². The van der Waals surface area contributed by atoms with E-state index in [1.165, 1.54) is 18.2 Å². The molecule has 2 rings (SSSR count). The van der Waals surface area contributed by atoms with Crippen LogP contribution in [0.25, 0.3) is 0 Å². The maximum Gasteiger partial charge on any atom is 0.217 e. The zero-order chi connectivity index (χ0) is 9.26. The van der Waals surface area contributed by atoms with E-state index < -0.39 is 0 Å². The van der Waals surface area contributed by atoms with Gasteiger partial charge in [-0.3, -0.25) is 0 Å². The minimum Gasteiger partial charge on any atom is -0.475 e.